The first kappa shape index (κ1) is 38.4. The molecule has 1 aliphatic rings. The molecule has 16 heteroatoms. The van der Waals surface area contributed by atoms with Crippen molar-refractivity contribution in [1.29, 1.82) is 0 Å². The number of ether oxygens (including phenoxy) is 1. The number of aliphatic imine (C=N–C) groups is 1. The summed E-state index contributed by atoms with van der Waals surface area (Å²) < 4.78 is 20.7. The molecule has 4 amide bonds. The van der Waals surface area contributed by atoms with Gasteiger partial charge in [-0.1, -0.05) is 80.9 Å². The maximum atomic E-state index is 14.3. The van der Waals surface area contributed by atoms with Gasteiger partial charge in [-0.25, -0.2) is 14.4 Å². The number of phosphoric ester groups is 1. The summed E-state index contributed by atoms with van der Waals surface area (Å²) in [7, 11) is -3.57. The Kier molecular flexibility index (Phi) is 12.8. The zero-order valence-electron chi connectivity index (χ0n) is 28.4. The Balaban J connectivity index is 1.70. The minimum atomic E-state index is -4.79. The van der Waals surface area contributed by atoms with Crippen molar-refractivity contribution >= 4 is 48.8 Å². The van der Waals surface area contributed by atoms with Crippen LogP contribution in [0, 0.1) is 5.92 Å². The van der Waals surface area contributed by atoms with E-state index < -0.39 is 62.2 Å². The van der Waals surface area contributed by atoms with Gasteiger partial charge in [0.1, 0.15) is 24.4 Å². The molecule has 0 aromatic heterocycles. The number of esters is 1. The van der Waals surface area contributed by atoms with E-state index in [1.807, 2.05) is 13.0 Å². The summed E-state index contributed by atoms with van der Waals surface area (Å²) in [4.78, 5) is 90.5. The molecule has 1 unspecified atom stereocenters. The highest BCUT2D eigenvalue weighted by molar-refractivity contribution is 7.46. The molecule has 0 fully saturated rings. The SMILES string of the molecule is CC[C@H](C)[C@H](NC(=O)CN1C(=O)C(NC(=O)[C@H](Cc2ccc(OP(=O)(O)O)cc2)NC(C)=O)N=C(c2ccccc2)c2ccccc21)C(=O)OC. The quantitative estimate of drug-likeness (QED) is 0.121. The largest absolute Gasteiger partial charge is 0.524 e. The number of hydrogen-bond acceptors (Lipinski definition) is 9. The van der Waals surface area contributed by atoms with Gasteiger partial charge in [-0.05, 0) is 29.7 Å². The van der Waals surface area contributed by atoms with E-state index in [0.29, 0.717) is 34.5 Å². The highest BCUT2D eigenvalue weighted by Gasteiger charge is 2.36. The number of hydrogen-bond donors (Lipinski definition) is 5. The Morgan fingerprint density at radius 1 is 0.961 bits per heavy atom. The lowest BCUT2D eigenvalue weighted by Gasteiger charge is -2.27. The van der Waals surface area contributed by atoms with Crippen molar-refractivity contribution in [3.8, 4) is 5.75 Å². The van der Waals surface area contributed by atoms with Crippen LogP contribution in [0.3, 0.4) is 0 Å². The number of rotatable bonds is 14. The summed E-state index contributed by atoms with van der Waals surface area (Å²) in [5.41, 5.74) is 2.32. The second-order valence-electron chi connectivity index (χ2n) is 11.8. The number of carbonyl (C=O) groups is 5. The number of carbonyl (C=O) groups excluding carboxylic acids is 5. The zero-order valence-corrected chi connectivity index (χ0v) is 29.3. The molecule has 51 heavy (non-hydrogen) atoms. The molecule has 4 rings (SSSR count). The van der Waals surface area contributed by atoms with Crippen LogP contribution in [-0.4, -0.2) is 77.0 Å². The molecule has 4 atom stereocenters. The number of benzene rings is 3. The number of amides is 4. The molecule has 270 valence electrons. The normalized spacial score (nSPS) is 16.0. The number of para-hydroxylation sites is 1. The van der Waals surface area contributed by atoms with Gasteiger partial charge in [0.2, 0.25) is 23.9 Å². The van der Waals surface area contributed by atoms with E-state index in [0.717, 1.165) is 0 Å². The number of benzodiazepines with no additional fused rings is 1. The topological polar surface area (TPSA) is 213 Å². The van der Waals surface area contributed by atoms with Gasteiger partial charge in [0.25, 0.3) is 5.91 Å². The number of nitrogens with zero attached hydrogens (tertiary/aromatic N) is 2. The molecule has 0 saturated heterocycles. The average Bonchev–Trinajstić information content (AvgIpc) is 3.20. The fourth-order valence-electron chi connectivity index (χ4n) is 5.42. The van der Waals surface area contributed by atoms with E-state index in [1.165, 1.54) is 43.2 Å². The van der Waals surface area contributed by atoms with Gasteiger partial charge in [0, 0.05) is 24.5 Å². The predicted octanol–water partition coefficient (Wildman–Crippen LogP) is 2.24. The van der Waals surface area contributed by atoms with Gasteiger partial charge in [-0.3, -0.25) is 33.9 Å². The maximum Gasteiger partial charge on any atom is 0.524 e. The van der Waals surface area contributed by atoms with Gasteiger partial charge in [-0.15, -0.1) is 0 Å². The highest BCUT2D eigenvalue weighted by Crippen LogP contribution is 2.37. The standard InChI is InChI=1S/C35H40N5O10P/c1-5-21(2)30(35(45)49-4)37-29(42)20-40-28-14-10-9-13-26(28)31(24-11-7-6-8-12-24)38-32(34(40)44)39-33(43)27(36-22(3)41)19-23-15-17-25(18-16-23)50-51(46,47)48/h6-18,21,27,30,32H,5,19-20H2,1-4H3,(H,36,41)(H,37,42)(H,39,43)(H2,46,47,48)/t21-,27-,30-,32?/m0/s1. The highest BCUT2D eigenvalue weighted by atomic mass is 31.2. The summed E-state index contributed by atoms with van der Waals surface area (Å²) in [6.07, 6.45) is -1.07. The lowest BCUT2D eigenvalue weighted by atomic mass is 9.99. The molecular weight excluding hydrogens is 681 g/mol. The van der Waals surface area contributed by atoms with Crippen molar-refractivity contribution in [2.24, 2.45) is 10.9 Å². The van der Waals surface area contributed by atoms with Gasteiger partial charge in [0.05, 0.1) is 18.5 Å². The van der Waals surface area contributed by atoms with Crippen LogP contribution in [0.4, 0.5) is 5.69 Å². The minimum Gasteiger partial charge on any atom is -0.467 e. The average molecular weight is 722 g/mol. The number of methoxy groups -OCH3 is 1. The van der Waals surface area contributed by atoms with Crippen LogP contribution >= 0.6 is 7.82 Å². The van der Waals surface area contributed by atoms with Crippen molar-refractivity contribution in [3.63, 3.8) is 0 Å². The third-order valence-electron chi connectivity index (χ3n) is 8.10. The summed E-state index contributed by atoms with van der Waals surface area (Å²) in [5, 5.41) is 7.90. The van der Waals surface area contributed by atoms with Crippen molar-refractivity contribution in [3.05, 3.63) is 95.6 Å². The molecule has 1 heterocycles. The van der Waals surface area contributed by atoms with E-state index in [4.69, 9.17) is 19.5 Å². The lowest BCUT2D eigenvalue weighted by molar-refractivity contribution is -0.146. The molecule has 0 saturated carbocycles. The van der Waals surface area contributed by atoms with Crippen LogP contribution in [0.5, 0.6) is 5.75 Å². The Bertz CT molecular complexity index is 1830. The van der Waals surface area contributed by atoms with Crippen LogP contribution in [0.15, 0.2) is 83.9 Å². The fourth-order valence-corrected chi connectivity index (χ4v) is 5.82. The van der Waals surface area contributed by atoms with Crippen molar-refractivity contribution < 1.29 is 47.6 Å². The summed E-state index contributed by atoms with van der Waals surface area (Å²) >= 11 is 0. The van der Waals surface area contributed by atoms with Gasteiger partial charge in [0.15, 0.2) is 0 Å². The van der Waals surface area contributed by atoms with Crippen molar-refractivity contribution in [2.75, 3.05) is 18.6 Å². The van der Waals surface area contributed by atoms with Crippen molar-refractivity contribution in [2.45, 2.75) is 51.9 Å². The predicted molar refractivity (Wildman–Crippen MR) is 187 cm³/mol. The van der Waals surface area contributed by atoms with Crippen LogP contribution in [0.2, 0.25) is 0 Å². The summed E-state index contributed by atoms with van der Waals surface area (Å²) in [6, 6.07) is 19.1. The first-order valence-electron chi connectivity index (χ1n) is 16.0. The maximum absolute atomic E-state index is 14.3. The second kappa shape index (κ2) is 17.0. The first-order chi connectivity index (χ1) is 24.2. The Morgan fingerprint density at radius 2 is 1.61 bits per heavy atom. The lowest BCUT2D eigenvalue weighted by Crippen LogP contribution is -2.56. The molecule has 1 aliphatic heterocycles. The molecule has 0 radical (unpaired) electrons. The minimum absolute atomic E-state index is 0.0748. The molecule has 15 nitrogen and oxygen atoms in total. The number of fused-ring (bicyclic) bond motifs is 1. The van der Waals surface area contributed by atoms with Gasteiger partial charge in [-0.2, -0.15) is 0 Å². The number of nitrogens with one attached hydrogen (secondary N) is 3. The summed E-state index contributed by atoms with van der Waals surface area (Å²) in [6.45, 7) is 4.34. The van der Waals surface area contributed by atoms with E-state index >= 15 is 0 Å². The zero-order chi connectivity index (χ0) is 37.3. The van der Waals surface area contributed by atoms with E-state index in [-0.39, 0.29) is 18.1 Å². The van der Waals surface area contributed by atoms with Crippen LogP contribution in [0.1, 0.15) is 43.9 Å². The molecular formula is C35H40N5O10P. The monoisotopic (exact) mass is 721 g/mol. The molecule has 0 aliphatic carbocycles. The molecule has 0 spiro atoms. The van der Waals surface area contributed by atoms with Crippen LogP contribution in [-0.2, 0) is 39.7 Å². The third-order valence-corrected chi connectivity index (χ3v) is 8.55. The van der Waals surface area contributed by atoms with E-state index in [2.05, 4.69) is 20.5 Å². The van der Waals surface area contributed by atoms with Gasteiger partial charge >= 0.3 is 13.8 Å². The van der Waals surface area contributed by atoms with Crippen LogP contribution in [0.25, 0.3) is 0 Å². The molecule has 3 aromatic carbocycles. The fraction of sp³-hybridized carbons (Fsp3) is 0.314. The smallest absolute Gasteiger partial charge is 0.467 e. The molecule has 0 bridgehead atoms. The van der Waals surface area contributed by atoms with Crippen LogP contribution < -0.4 is 25.4 Å². The summed E-state index contributed by atoms with van der Waals surface area (Å²) in [5.74, 6) is -3.72. The third kappa shape index (κ3) is 10.3. The Labute approximate surface area is 294 Å². The number of anilines is 1. The molecule has 3 aromatic rings. The Morgan fingerprint density at radius 3 is 2.22 bits per heavy atom. The second-order valence-corrected chi connectivity index (χ2v) is 13.0. The van der Waals surface area contributed by atoms with Gasteiger partial charge < -0.3 is 25.2 Å². The van der Waals surface area contributed by atoms with Crippen molar-refractivity contribution in [1.82, 2.24) is 16.0 Å². The number of phosphoric acid groups is 1. The van der Waals surface area contributed by atoms with E-state index in [9.17, 15) is 28.5 Å². The van der Waals surface area contributed by atoms with E-state index in [1.54, 1.807) is 55.5 Å². The Hall–Kier alpha value is -5.37. The first-order valence-corrected chi connectivity index (χ1v) is 17.6. The molecule has 5 N–H and O–H groups in total.